The summed E-state index contributed by atoms with van der Waals surface area (Å²) in [5.41, 5.74) is 12.5. The van der Waals surface area contributed by atoms with Gasteiger partial charge in [0.05, 0.1) is 33.5 Å². The second kappa shape index (κ2) is 13.5. The number of para-hydroxylation sites is 2. The second-order valence-corrected chi connectivity index (χ2v) is 15.8. The number of rotatable bonds is 5. The molecule has 0 atom stereocenters. The van der Waals surface area contributed by atoms with Gasteiger partial charge in [-0.1, -0.05) is 152 Å². The first-order chi connectivity index (χ1) is 30.7. The Labute approximate surface area is 355 Å². The van der Waals surface area contributed by atoms with Gasteiger partial charge in [-0.05, 0) is 70.4 Å². The van der Waals surface area contributed by atoms with Gasteiger partial charge in [-0.2, -0.15) is 0 Å². The third-order valence-electron chi connectivity index (χ3n) is 12.2. The average molecular weight is 792 g/mol. The van der Waals surface area contributed by atoms with Gasteiger partial charge in [0, 0.05) is 49.0 Å². The highest BCUT2D eigenvalue weighted by Gasteiger charge is 2.21. The lowest BCUT2D eigenvalue weighted by Gasteiger charge is -2.12. The molecule has 0 N–H and O–H groups in total. The van der Waals surface area contributed by atoms with Crippen LogP contribution in [0.1, 0.15) is 0 Å². The van der Waals surface area contributed by atoms with Crippen LogP contribution >= 0.6 is 0 Å². The Bertz CT molecular complexity index is 3930. The minimum atomic E-state index is 0.635. The summed E-state index contributed by atoms with van der Waals surface area (Å²) in [5, 5.41) is 8.69. The minimum absolute atomic E-state index is 0.635. The summed E-state index contributed by atoms with van der Waals surface area (Å²) in [6, 6.07) is 69.6. The zero-order chi connectivity index (χ0) is 40.7. The lowest BCUT2D eigenvalue weighted by molar-refractivity contribution is 0.669. The van der Waals surface area contributed by atoms with E-state index in [4.69, 9.17) is 24.4 Å². The van der Waals surface area contributed by atoms with E-state index in [0.717, 1.165) is 105 Å². The molecule has 6 nitrogen and oxygen atoms in total. The van der Waals surface area contributed by atoms with Crippen molar-refractivity contribution in [3.63, 3.8) is 0 Å². The van der Waals surface area contributed by atoms with Gasteiger partial charge in [-0.25, -0.2) is 19.9 Å². The van der Waals surface area contributed by atoms with E-state index in [1.165, 1.54) is 10.8 Å². The quantitative estimate of drug-likeness (QED) is 0.174. The molecule has 0 amide bonds. The highest BCUT2D eigenvalue weighted by molar-refractivity contribution is 6.22. The maximum absolute atomic E-state index is 6.54. The lowest BCUT2D eigenvalue weighted by atomic mass is 9.98. The molecule has 0 radical (unpaired) electrons. The van der Waals surface area contributed by atoms with Gasteiger partial charge in [-0.3, -0.25) is 4.57 Å². The molecule has 0 saturated carbocycles. The third kappa shape index (κ3) is 5.30. The summed E-state index contributed by atoms with van der Waals surface area (Å²) >= 11 is 0. The van der Waals surface area contributed by atoms with Crippen molar-refractivity contribution in [2.75, 3.05) is 0 Å². The fraction of sp³-hybridized carbons (Fsp3) is 0. The van der Waals surface area contributed by atoms with Crippen LogP contribution in [0.4, 0.5) is 0 Å². The van der Waals surface area contributed by atoms with Crippen molar-refractivity contribution in [3.8, 4) is 51.0 Å². The largest absolute Gasteiger partial charge is 0.456 e. The van der Waals surface area contributed by atoms with E-state index in [0.29, 0.717) is 11.8 Å². The molecule has 62 heavy (non-hydrogen) atoms. The highest BCUT2D eigenvalue weighted by atomic mass is 16.3. The minimum Gasteiger partial charge on any atom is -0.456 e. The van der Waals surface area contributed by atoms with Crippen molar-refractivity contribution in [2.24, 2.45) is 0 Å². The maximum Gasteiger partial charge on any atom is 0.235 e. The molecule has 0 unspecified atom stereocenters. The molecule has 0 bridgehead atoms. The first-order valence-corrected chi connectivity index (χ1v) is 20.8. The van der Waals surface area contributed by atoms with Crippen LogP contribution in [-0.4, -0.2) is 24.5 Å². The van der Waals surface area contributed by atoms with Gasteiger partial charge < -0.3 is 4.42 Å². The molecule has 13 rings (SSSR count). The van der Waals surface area contributed by atoms with Crippen LogP contribution in [0.25, 0.3) is 127 Å². The van der Waals surface area contributed by atoms with Crippen molar-refractivity contribution in [3.05, 3.63) is 200 Å². The summed E-state index contributed by atoms with van der Waals surface area (Å²) in [6.07, 6.45) is 0. The molecule has 288 valence electrons. The molecule has 4 aromatic heterocycles. The van der Waals surface area contributed by atoms with Crippen molar-refractivity contribution >= 4 is 76.3 Å². The maximum atomic E-state index is 6.54. The van der Waals surface area contributed by atoms with E-state index in [1.807, 2.05) is 54.6 Å². The van der Waals surface area contributed by atoms with Gasteiger partial charge >= 0.3 is 0 Å². The van der Waals surface area contributed by atoms with E-state index in [1.54, 1.807) is 0 Å². The fourth-order valence-electron chi connectivity index (χ4n) is 9.37. The Kier molecular flexibility index (Phi) is 7.50. The third-order valence-corrected chi connectivity index (χ3v) is 12.2. The van der Waals surface area contributed by atoms with E-state index in [2.05, 4.69) is 150 Å². The number of benzene rings is 9. The monoisotopic (exact) mass is 791 g/mol. The van der Waals surface area contributed by atoms with Gasteiger partial charge in [-0.15, -0.1) is 0 Å². The van der Waals surface area contributed by atoms with Gasteiger partial charge in [0.1, 0.15) is 11.2 Å². The topological polar surface area (TPSA) is 69.6 Å². The number of hydrogen-bond donors (Lipinski definition) is 0. The van der Waals surface area contributed by atoms with Gasteiger partial charge in [0.25, 0.3) is 0 Å². The Morgan fingerprint density at radius 1 is 0.355 bits per heavy atom. The number of furan rings is 1. The molecular formula is C56H33N5O. The predicted octanol–water partition coefficient (Wildman–Crippen LogP) is 14.4. The number of fused-ring (bicyclic) bond motifs is 10. The molecule has 4 heterocycles. The Morgan fingerprint density at radius 3 is 1.73 bits per heavy atom. The predicted molar refractivity (Wildman–Crippen MR) is 254 cm³/mol. The van der Waals surface area contributed by atoms with Crippen molar-refractivity contribution < 1.29 is 4.42 Å². The lowest BCUT2D eigenvalue weighted by Crippen LogP contribution is -2.03. The summed E-state index contributed by atoms with van der Waals surface area (Å²) in [4.78, 5) is 20.9. The molecule has 0 saturated heterocycles. The van der Waals surface area contributed by atoms with E-state index < -0.39 is 0 Å². The molecule has 6 heteroatoms. The molecule has 0 aliphatic carbocycles. The molecule has 0 spiro atoms. The smallest absolute Gasteiger partial charge is 0.235 e. The van der Waals surface area contributed by atoms with Crippen molar-refractivity contribution in [1.29, 1.82) is 0 Å². The molecule has 0 fully saturated rings. The van der Waals surface area contributed by atoms with E-state index in [9.17, 15) is 0 Å². The number of hydrogen-bond acceptors (Lipinski definition) is 5. The van der Waals surface area contributed by atoms with Crippen LogP contribution in [0, 0.1) is 0 Å². The van der Waals surface area contributed by atoms with Crippen LogP contribution in [0.2, 0.25) is 0 Å². The molecule has 0 aliphatic rings. The molecule has 9 aromatic carbocycles. The standard InChI is InChI=1S/C56H33N5O/c1-3-15-35(16-4-1)53-40-20-9-11-23-45(40)57-55(59-53)42-22-13-25-50-52(42)44-33-38(28-31-49(44)62-50)37-27-29-47-43(32-37)51-39-19-8-7-14-34(39)26-30-48(51)61(47)56-58-46-24-12-10-21-41(46)54(60-56)36-17-5-2-6-18-36/h1-33H. The zero-order valence-corrected chi connectivity index (χ0v) is 33.2. The second-order valence-electron chi connectivity index (χ2n) is 15.8. The van der Waals surface area contributed by atoms with Crippen LogP contribution < -0.4 is 0 Å². The van der Waals surface area contributed by atoms with Crippen LogP contribution in [0.3, 0.4) is 0 Å². The number of aromatic nitrogens is 5. The van der Waals surface area contributed by atoms with Crippen LogP contribution in [0.15, 0.2) is 205 Å². The molecular weight excluding hydrogens is 759 g/mol. The van der Waals surface area contributed by atoms with Gasteiger partial charge in [0.15, 0.2) is 5.82 Å². The summed E-state index contributed by atoms with van der Waals surface area (Å²) in [5.74, 6) is 1.30. The summed E-state index contributed by atoms with van der Waals surface area (Å²) in [7, 11) is 0. The fourth-order valence-corrected chi connectivity index (χ4v) is 9.37. The number of nitrogens with zero attached hydrogens (tertiary/aromatic N) is 5. The average Bonchev–Trinajstić information content (AvgIpc) is 3.89. The zero-order valence-electron chi connectivity index (χ0n) is 33.2. The normalized spacial score (nSPS) is 11.9. The van der Waals surface area contributed by atoms with Crippen molar-refractivity contribution in [2.45, 2.75) is 0 Å². The van der Waals surface area contributed by atoms with E-state index in [-0.39, 0.29) is 0 Å². The Morgan fingerprint density at radius 2 is 0.968 bits per heavy atom. The first-order valence-electron chi connectivity index (χ1n) is 20.8. The Balaban J connectivity index is 1.02. The van der Waals surface area contributed by atoms with Crippen LogP contribution in [0.5, 0.6) is 0 Å². The first kappa shape index (κ1) is 34.4. The highest BCUT2D eigenvalue weighted by Crippen LogP contribution is 2.42. The van der Waals surface area contributed by atoms with Crippen molar-refractivity contribution in [1.82, 2.24) is 24.5 Å². The Hall–Kier alpha value is -8.48. The SMILES string of the molecule is c1ccc(-c2nc(-c3cccc4oc5ccc(-c6ccc7c(c6)c6c8ccccc8ccc6n7-c6nc(-c7ccccc7)c7ccccc7n6)cc5c34)nc3ccccc23)cc1. The van der Waals surface area contributed by atoms with Crippen LogP contribution in [-0.2, 0) is 0 Å². The molecule has 0 aliphatic heterocycles. The van der Waals surface area contributed by atoms with Gasteiger partial charge in [0.2, 0.25) is 5.95 Å². The molecule has 13 aromatic rings. The summed E-state index contributed by atoms with van der Waals surface area (Å²) in [6.45, 7) is 0. The van der Waals surface area contributed by atoms with E-state index >= 15 is 0 Å². The summed E-state index contributed by atoms with van der Waals surface area (Å²) < 4.78 is 8.76.